The summed E-state index contributed by atoms with van der Waals surface area (Å²) in [4.78, 5) is 2.29. The lowest BCUT2D eigenvalue weighted by atomic mass is 10.0. The maximum atomic E-state index is 5.85. The molecule has 0 aliphatic heterocycles. The average Bonchev–Trinajstić information content (AvgIpc) is 2.29. The van der Waals surface area contributed by atoms with Gasteiger partial charge in [-0.3, -0.25) is 4.90 Å². The van der Waals surface area contributed by atoms with E-state index in [0.29, 0.717) is 18.5 Å². The summed E-state index contributed by atoms with van der Waals surface area (Å²) < 4.78 is 6.47. The third-order valence-corrected chi connectivity index (χ3v) is 3.73. The standard InChI is InChI=1S/C14H23BrN2O/c1-10(2)13(8-16)17(3)9-11-7-12(15)5-6-14(11)18-4/h5-7,10,13H,8-9,16H2,1-4H3. The van der Waals surface area contributed by atoms with Gasteiger partial charge < -0.3 is 10.5 Å². The number of rotatable bonds is 6. The first-order valence-corrected chi connectivity index (χ1v) is 7.01. The molecule has 0 amide bonds. The van der Waals surface area contributed by atoms with E-state index in [-0.39, 0.29) is 0 Å². The van der Waals surface area contributed by atoms with Crippen LogP contribution in [0.25, 0.3) is 0 Å². The van der Waals surface area contributed by atoms with Crippen molar-refractivity contribution >= 4 is 15.9 Å². The highest BCUT2D eigenvalue weighted by molar-refractivity contribution is 9.10. The van der Waals surface area contributed by atoms with Gasteiger partial charge in [-0.05, 0) is 31.2 Å². The Morgan fingerprint density at radius 1 is 1.39 bits per heavy atom. The molecule has 0 radical (unpaired) electrons. The van der Waals surface area contributed by atoms with Crippen molar-refractivity contribution in [2.75, 3.05) is 20.7 Å². The maximum Gasteiger partial charge on any atom is 0.123 e. The van der Waals surface area contributed by atoms with Gasteiger partial charge in [-0.1, -0.05) is 29.8 Å². The Balaban J connectivity index is 2.86. The van der Waals surface area contributed by atoms with E-state index in [1.807, 2.05) is 12.1 Å². The molecule has 1 rings (SSSR count). The van der Waals surface area contributed by atoms with Crippen LogP contribution >= 0.6 is 15.9 Å². The Hall–Kier alpha value is -0.580. The minimum Gasteiger partial charge on any atom is -0.496 e. The number of methoxy groups -OCH3 is 1. The van der Waals surface area contributed by atoms with Crippen LogP contribution in [0.1, 0.15) is 19.4 Å². The van der Waals surface area contributed by atoms with Crippen LogP contribution in [0.3, 0.4) is 0 Å². The summed E-state index contributed by atoms with van der Waals surface area (Å²) in [5.41, 5.74) is 7.02. The zero-order chi connectivity index (χ0) is 13.7. The van der Waals surface area contributed by atoms with E-state index in [0.717, 1.165) is 16.8 Å². The molecule has 1 aromatic carbocycles. The maximum absolute atomic E-state index is 5.85. The summed E-state index contributed by atoms with van der Waals surface area (Å²) in [7, 11) is 3.81. The largest absolute Gasteiger partial charge is 0.496 e. The van der Waals surface area contributed by atoms with Crippen molar-refractivity contribution in [2.24, 2.45) is 11.7 Å². The van der Waals surface area contributed by atoms with Crippen LogP contribution in [0.2, 0.25) is 0 Å². The predicted octanol–water partition coefficient (Wildman–Crippen LogP) is 2.87. The zero-order valence-electron chi connectivity index (χ0n) is 11.6. The monoisotopic (exact) mass is 314 g/mol. The molecule has 0 heterocycles. The Kier molecular flexibility index (Phi) is 6.12. The van der Waals surface area contributed by atoms with Gasteiger partial charge in [0, 0.05) is 29.2 Å². The van der Waals surface area contributed by atoms with E-state index in [2.05, 4.69) is 47.8 Å². The Bertz CT molecular complexity index is 382. The van der Waals surface area contributed by atoms with Crippen LogP contribution in [0.5, 0.6) is 5.75 Å². The van der Waals surface area contributed by atoms with E-state index in [1.165, 1.54) is 5.56 Å². The second-order valence-corrected chi connectivity index (χ2v) is 5.83. The molecule has 2 N–H and O–H groups in total. The van der Waals surface area contributed by atoms with E-state index >= 15 is 0 Å². The Morgan fingerprint density at radius 3 is 2.56 bits per heavy atom. The second-order valence-electron chi connectivity index (χ2n) is 4.92. The molecule has 0 aliphatic carbocycles. The lowest BCUT2D eigenvalue weighted by molar-refractivity contribution is 0.188. The Morgan fingerprint density at radius 2 is 2.06 bits per heavy atom. The number of ether oxygens (including phenoxy) is 1. The molecule has 1 aromatic rings. The Labute approximate surface area is 118 Å². The fourth-order valence-corrected chi connectivity index (χ4v) is 2.63. The summed E-state index contributed by atoms with van der Waals surface area (Å²) in [6.07, 6.45) is 0. The number of benzene rings is 1. The van der Waals surface area contributed by atoms with Crippen LogP contribution < -0.4 is 10.5 Å². The fraction of sp³-hybridized carbons (Fsp3) is 0.571. The van der Waals surface area contributed by atoms with Gasteiger partial charge >= 0.3 is 0 Å². The molecule has 0 aliphatic rings. The van der Waals surface area contributed by atoms with Gasteiger partial charge in [0.15, 0.2) is 0 Å². The highest BCUT2D eigenvalue weighted by Crippen LogP contribution is 2.25. The van der Waals surface area contributed by atoms with Gasteiger partial charge in [0.25, 0.3) is 0 Å². The minimum atomic E-state index is 0.383. The number of halogens is 1. The van der Waals surface area contributed by atoms with E-state index < -0.39 is 0 Å². The van der Waals surface area contributed by atoms with Crippen molar-refractivity contribution in [1.29, 1.82) is 0 Å². The highest BCUT2D eigenvalue weighted by atomic mass is 79.9. The molecule has 0 saturated carbocycles. The first-order chi connectivity index (χ1) is 8.49. The molecule has 4 heteroatoms. The lowest BCUT2D eigenvalue weighted by Gasteiger charge is -2.30. The zero-order valence-corrected chi connectivity index (χ0v) is 13.2. The predicted molar refractivity (Wildman–Crippen MR) is 79.8 cm³/mol. The SMILES string of the molecule is COc1ccc(Br)cc1CN(C)C(CN)C(C)C. The third-order valence-electron chi connectivity index (χ3n) is 3.24. The quantitative estimate of drug-likeness (QED) is 0.877. The van der Waals surface area contributed by atoms with Crippen molar-refractivity contribution < 1.29 is 4.74 Å². The molecule has 102 valence electrons. The van der Waals surface area contributed by atoms with E-state index in [9.17, 15) is 0 Å². The lowest BCUT2D eigenvalue weighted by Crippen LogP contribution is -2.41. The molecule has 0 bridgehead atoms. The molecule has 0 fully saturated rings. The minimum absolute atomic E-state index is 0.383. The first-order valence-electron chi connectivity index (χ1n) is 6.22. The summed E-state index contributed by atoms with van der Waals surface area (Å²) >= 11 is 3.50. The fourth-order valence-electron chi connectivity index (χ4n) is 2.22. The van der Waals surface area contributed by atoms with Crippen molar-refractivity contribution in [3.8, 4) is 5.75 Å². The summed E-state index contributed by atoms with van der Waals surface area (Å²) in [6, 6.07) is 6.46. The number of likely N-dealkylation sites (N-methyl/N-ethyl adjacent to an activating group) is 1. The number of hydrogen-bond donors (Lipinski definition) is 1. The molecule has 3 nitrogen and oxygen atoms in total. The molecule has 1 unspecified atom stereocenters. The summed E-state index contributed by atoms with van der Waals surface area (Å²) in [6.45, 7) is 5.91. The molecule has 0 aromatic heterocycles. The first kappa shape index (κ1) is 15.5. The van der Waals surface area contributed by atoms with Crippen molar-refractivity contribution in [3.05, 3.63) is 28.2 Å². The summed E-state index contributed by atoms with van der Waals surface area (Å²) in [5, 5.41) is 0. The van der Waals surface area contributed by atoms with Gasteiger partial charge in [0.2, 0.25) is 0 Å². The molecule has 18 heavy (non-hydrogen) atoms. The molecular formula is C14H23BrN2O. The second kappa shape index (κ2) is 7.12. The number of nitrogens with two attached hydrogens (primary N) is 1. The average molecular weight is 315 g/mol. The van der Waals surface area contributed by atoms with E-state index in [1.54, 1.807) is 7.11 Å². The van der Waals surface area contributed by atoms with Crippen LogP contribution in [-0.4, -0.2) is 31.6 Å². The van der Waals surface area contributed by atoms with Crippen molar-refractivity contribution in [2.45, 2.75) is 26.4 Å². The van der Waals surface area contributed by atoms with Gasteiger partial charge in [0.05, 0.1) is 7.11 Å². The number of hydrogen-bond acceptors (Lipinski definition) is 3. The summed E-state index contributed by atoms with van der Waals surface area (Å²) in [5.74, 6) is 1.46. The van der Waals surface area contributed by atoms with Crippen molar-refractivity contribution in [3.63, 3.8) is 0 Å². The topological polar surface area (TPSA) is 38.5 Å². The highest BCUT2D eigenvalue weighted by Gasteiger charge is 2.18. The molecular weight excluding hydrogens is 292 g/mol. The van der Waals surface area contributed by atoms with Gasteiger partial charge in [-0.2, -0.15) is 0 Å². The van der Waals surface area contributed by atoms with Crippen LogP contribution in [0.15, 0.2) is 22.7 Å². The van der Waals surface area contributed by atoms with Crippen LogP contribution in [0, 0.1) is 5.92 Å². The van der Waals surface area contributed by atoms with Gasteiger partial charge in [-0.25, -0.2) is 0 Å². The van der Waals surface area contributed by atoms with Crippen LogP contribution in [-0.2, 0) is 6.54 Å². The smallest absolute Gasteiger partial charge is 0.123 e. The third kappa shape index (κ3) is 3.97. The van der Waals surface area contributed by atoms with E-state index in [4.69, 9.17) is 10.5 Å². The molecule has 0 spiro atoms. The molecule has 0 saturated heterocycles. The van der Waals surface area contributed by atoms with Gasteiger partial charge in [-0.15, -0.1) is 0 Å². The molecule has 1 atom stereocenters. The van der Waals surface area contributed by atoms with Crippen molar-refractivity contribution in [1.82, 2.24) is 4.90 Å². The number of nitrogens with zero attached hydrogens (tertiary/aromatic N) is 1. The normalized spacial score (nSPS) is 13.1. The van der Waals surface area contributed by atoms with Gasteiger partial charge in [0.1, 0.15) is 5.75 Å². The van der Waals surface area contributed by atoms with Crippen LogP contribution in [0.4, 0.5) is 0 Å².